The topological polar surface area (TPSA) is 128 Å². The summed E-state index contributed by atoms with van der Waals surface area (Å²) in [5.74, 6) is -1.26. The summed E-state index contributed by atoms with van der Waals surface area (Å²) in [7, 11) is -2.07. The van der Waals surface area contributed by atoms with Gasteiger partial charge in [0, 0.05) is 25.7 Å². The number of nitrogens with zero attached hydrogens (tertiary/aromatic N) is 5. The summed E-state index contributed by atoms with van der Waals surface area (Å²) in [4.78, 5) is 16.1. The highest BCUT2D eigenvalue weighted by molar-refractivity contribution is 7.89. The van der Waals surface area contributed by atoms with Crippen molar-refractivity contribution in [1.29, 1.82) is 0 Å². The van der Waals surface area contributed by atoms with E-state index in [1.807, 2.05) is 50.2 Å². The minimum atomic E-state index is -3.87. The molecule has 0 bridgehead atoms. The van der Waals surface area contributed by atoms with Crippen molar-refractivity contribution in [3.8, 4) is 5.88 Å². The van der Waals surface area contributed by atoms with Gasteiger partial charge in [0.2, 0.25) is 15.9 Å². The molecular weight excluding hydrogens is 506 g/mol. The Morgan fingerprint density at radius 3 is 2.71 bits per heavy atom. The Hall–Kier alpha value is -3.83. The van der Waals surface area contributed by atoms with Crippen molar-refractivity contribution < 1.29 is 23.1 Å². The molecule has 2 aromatic heterocycles. The van der Waals surface area contributed by atoms with E-state index < -0.39 is 21.9 Å². The Labute approximate surface area is 220 Å². The van der Waals surface area contributed by atoms with E-state index in [-0.39, 0.29) is 36.4 Å². The van der Waals surface area contributed by atoms with Crippen LogP contribution in [0.5, 0.6) is 5.88 Å². The average molecular weight is 536 g/mol. The zero-order chi connectivity index (χ0) is 27.0. The number of hydrogen-bond acceptors (Lipinski definition) is 7. The van der Waals surface area contributed by atoms with E-state index in [1.54, 1.807) is 17.8 Å². The highest BCUT2D eigenvalue weighted by atomic mass is 32.2. The fourth-order valence-electron chi connectivity index (χ4n) is 4.83. The lowest BCUT2D eigenvalue weighted by Gasteiger charge is -2.24. The summed E-state index contributed by atoms with van der Waals surface area (Å²) >= 11 is 0. The van der Waals surface area contributed by atoms with Gasteiger partial charge < -0.3 is 9.84 Å². The smallest absolute Gasteiger partial charge is 0.304 e. The lowest BCUT2D eigenvalue weighted by atomic mass is 9.86. The number of carbonyl (C=O) groups is 1. The van der Waals surface area contributed by atoms with Gasteiger partial charge in [-0.2, -0.15) is 4.31 Å². The van der Waals surface area contributed by atoms with Crippen LogP contribution in [0.1, 0.15) is 47.9 Å². The van der Waals surface area contributed by atoms with Crippen LogP contribution in [0.2, 0.25) is 0 Å². The molecule has 5 rings (SSSR count). The first kappa shape index (κ1) is 25.8. The van der Waals surface area contributed by atoms with Gasteiger partial charge in [0.15, 0.2) is 0 Å². The van der Waals surface area contributed by atoms with Crippen molar-refractivity contribution in [2.24, 2.45) is 7.05 Å². The number of rotatable bonds is 7. The Kier molecular flexibility index (Phi) is 6.89. The second-order valence-electron chi connectivity index (χ2n) is 9.55. The first-order chi connectivity index (χ1) is 18.2. The molecule has 11 heteroatoms. The molecule has 0 fully saturated rings. The number of aromatic nitrogens is 4. The maximum atomic E-state index is 13.6. The third-order valence-electron chi connectivity index (χ3n) is 7.03. The largest absolute Gasteiger partial charge is 0.481 e. The van der Waals surface area contributed by atoms with Gasteiger partial charge >= 0.3 is 5.97 Å². The van der Waals surface area contributed by atoms with E-state index in [0.717, 1.165) is 27.8 Å². The molecule has 0 amide bonds. The number of carboxylic acid groups (broad SMARTS) is 1. The van der Waals surface area contributed by atoms with E-state index >= 15 is 0 Å². The molecule has 4 aromatic rings. The molecule has 198 valence electrons. The maximum Gasteiger partial charge on any atom is 0.304 e. The van der Waals surface area contributed by atoms with Crippen LogP contribution in [-0.2, 0) is 28.4 Å². The average Bonchev–Trinajstić information content (AvgIpc) is 3.22. The summed E-state index contributed by atoms with van der Waals surface area (Å²) < 4.78 is 36.3. The number of pyridine rings is 1. The highest BCUT2D eigenvalue weighted by Crippen LogP contribution is 2.34. The number of hydrogen-bond donors (Lipinski definition) is 1. The Morgan fingerprint density at radius 2 is 1.95 bits per heavy atom. The zero-order valence-corrected chi connectivity index (χ0v) is 22.2. The van der Waals surface area contributed by atoms with Gasteiger partial charge in [-0.05, 0) is 59.9 Å². The van der Waals surface area contributed by atoms with Gasteiger partial charge in [0.25, 0.3) is 0 Å². The van der Waals surface area contributed by atoms with E-state index in [1.165, 1.54) is 16.6 Å². The number of benzene rings is 2. The molecule has 0 radical (unpaired) electrons. The summed E-state index contributed by atoms with van der Waals surface area (Å²) in [5.41, 5.74) is 4.82. The maximum absolute atomic E-state index is 13.6. The molecule has 0 spiro atoms. The normalized spacial score (nSPS) is 17.9. The quantitative estimate of drug-likeness (QED) is 0.380. The number of carboxylic acids is 1. The van der Waals surface area contributed by atoms with Crippen LogP contribution in [0.25, 0.3) is 11.0 Å². The monoisotopic (exact) mass is 535 g/mol. The van der Waals surface area contributed by atoms with E-state index in [0.29, 0.717) is 11.9 Å². The summed E-state index contributed by atoms with van der Waals surface area (Å²) in [6.45, 7) is 4.17. The molecule has 2 aromatic carbocycles. The lowest BCUT2D eigenvalue weighted by molar-refractivity contribution is -0.137. The van der Waals surface area contributed by atoms with Crippen molar-refractivity contribution >= 4 is 27.0 Å². The molecule has 2 atom stereocenters. The summed E-state index contributed by atoms with van der Waals surface area (Å²) in [6.07, 6.45) is 1.67. The molecule has 0 saturated heterocycles. The predicted molar refractivity (Wildman–Crippen MR) is 140 cm³/mol. The zero-order valence-electron chi connectivity index (χ0n) is 21.4. The standard InChI is InChI=1S/C27H29N5O5S/c1-4-21-16-32(38(35,36)25-6-5-11-28-27(25)37-21)15-20-12-18(8-7-17(20)2)22(14-26(33)34)19-9-10-24-23(13-19)29-30-31(24)3/h5-13,21-22H,4,14-16H2,1-3H3,(H,33,34). The highest BCUT2D eigenvalue weighted by Gasteiger charge is 2.35. The third kappa shape index (κ3) is 4.86. The van der Waals surface area contributed by atoms with Crippen LogP contribution in [-0.4, -0.2) is 56.4 Å². The molecule has 10 nitrogen and oxygen atoms in total. The number of ether oxygens (including phenoxy) is 1. The van der Waals surface area contributed by atoms with Crippen molar-refractivity contribution in [1.82, 2.24) is 24.3 Å². The Balaban J connectivity index is 1.53. The van der Waals surface area contributed by atoms with Crippen molar-refractivity contribution in [3.63, 3.8) is 0 Å². The molecule has 3 heterocycles. The van der Waals surface area contributed by atoms with Gasteiger partial charge in [-0.1, -0.05) is 36.4 Å². The Bertz CT molecular complexity index is 1620. The predicted octanol–water partition coefficient (Wildman–Crippen LogP) is 3.64. The SMILES string of the molecule is CCC1CN(Cc2cc(C(CC(=O)O)c3ccc4c(c3)nnn4C)ccc2C)S(=O)(=O)c2cccnc2O1. The molecule has 1 aliphatic rings. The van der Waals surface area contributed by atoms with Gasteiger partial charge in [0.1, 0.15) is 16.5 Å². The van der Waals surface area contributed by atoms with Crippen LogP contribution in [0.4, 0.5) is 0 Å². The minimum absolute atomic E-state index is 0.0470. The third-order valence-corrected chi connectivity index (χ3v) is 8.86. The molecule has 38 heavy (non-hydrogen) atoms. The van der Waals surface area contributed by atoms with Crippen LogP contribution in [0.15, 0.2) is 59.6 Å². The minimum Gasteiger partial charge on any atom is -0.481 e. The van der Waals surface area contributed by atoms with E-state index in [2.05, 4.69) is 15.3 Å². The van der Waals surface area contributed by atoms with Crippen LogP contribution >= 0.6 is 0 Å². The number of sulfonamides is 1. The number of fused-ring (bicyclic) bond motifs is 2. The fourth-order valence-corrected chi connectivity index (χ4v) is 6.35. The van der Waals surface area contributed by atoms with Crippen molar-refractivity contribution in [2.75, 3.05) is 6.54 Å². The van der Waals surface area contributed by atoms with Gasteiger partial charge in [-0.15, -0.1) is 5.10 Å². The number of aryl methyl sites for hydroxylation is 2. The molecule has 0 aliphatic carbocycles. The molecule has 1 aliphatic heterocycles. The fraction of sp³-hybridized carbons (Fsp3) is 0.333. The van der Waals surface area contributed by atoms with Crippen molar-refractivity contribution in [2.45, 2.75) is 50.2 Å². The molecule has 1 N–H and O–H groups in total. The first-order valence-corrected chi connectivity index (χ1v) is 13.8. The summed E-state index contributed by atoms with van der Waals surface area (Å²) in [6, 6.07) is 14.5. The molecular formula is C27H29N5O5S. The van der Waals surface area contributed by atoms with Gasteiger partial charge in [-0.25, -0.2) is 18.1 Å². The van der Waals surface area contributed by atoms with Gasteiger partial charge in [0.05, 0.1) is 18.5 Å². The second-order valence-corrected chi connectivity index (χ2v) is 11.5. The second kappa shape index (κ2) is 10.1. The van der Waals surface area contributed by atoms with Crippen LogP contribution < -0.4 is 4.74 Å². The van der Waals surface area contributed by atoms with Gasteiger partial charge in [-0.3, -0.25) is 4.79 Å². The van der Waals surface area contributed by atoms with E-state index in [4.69, 9.17) is 4.74 Å². The van der Waals surface area contributed by atoms with Crippen molar-refractivity contribution in [3.05, 3.63) is 77.0 Å². The molecule has 2 unspecified atom stereocenters. The molecule has 0 saturated carbocycles. The lowest BCUT2D eigenvalue weighted by Crippen LogP contribution is -2.36. The van der Waals surface area contributed by atoms with E-state index in [9.17, 15) is 18.3 Å². The summed E-state index contributed by atoms with van der Waals surface area (Å²) in [5, 5.41) is 17.9. The first-order valence-electron chi connectivity index (χ1n) is 12.4. The van der Waals surface area contributed by atoms with Crippen LogP contribution in [0.3, 0.4) is 0 Å². The van der Waals surface area contributed by atoms with Crippen LogP contribution in [0, 0.1) is 6.92 Å². The Morgan fingerprint density at radius 1 is 1.18 bits per heavy atom. The number of aliphatic carboxylic acids is 1.